The molecule has 2 atom stereocenters. The van der Waals surface area contributed by atoms with Crippen LogP contribution in [0.15, 0.2) is 59.2 Å². The normalized spacial score (nSPS) is 19.2. The fourth-order valence-corrected chi connectivity index (χ4v) is 7.09. The zero-order chi connectivity index (χ0) is 22.2. The number of hydrogen-bond acceptors (Lipinski definition) is 5. The molecule has 3 aromatic rings. The van der Waals surface area contributed by atoms with Gasteiger partial charge in [0, 0.05) is 40.1 Å². The molecule has 2 heterocycles. The van der Waals surface area contributed by atoms with E-state index in [1.165, 1.54) is 11.3 Å². The Morgan fingerprint density at radius 3 is 2.71 bits per heavy atom. The van der Waals surface area contributed by atoms with Gasteiger partial charge in [0.25, 0.3) is 5.91 Å². The number of thiazole rings is 1. The lowest BCUT2D eigenvalue weighted by Crippen LogP contribution is -2.45. The molecule has 1 fully saturated rings. The van der Waals surface area contributed by atoms with E-state index in [0.717, 1.165) is 10.4 Å². The number of nitrogens with zero attached hydrogens (tertiary/aromatic N) is 2. The minimum Gasteiger partial charge on any atom is -0.336 e. The molecule has 2 aromatic carbocycles. The predicted octanol–water partition coefficient (Wildman–Crippen LogP) is 5.32. The van der Waals surface area contributed by atoms with Crippen molar-refractivity contribution in [2.45, 2.75) is 18.1 Å². The van der Waals surface area contributed by atoms with Crippen LogP contribution in [0.25, 0.3) is 0 Å². The standard InChI is InChI=1S/C22H20BrClN2O3S2/c1-14(15-5-3-2-4-6-15)19-12-25-21(30-19)20-13-26(9-10-31(20,28)29)22(27)16-7-8-17(23)18(24)11-16/h2-8,11-12,14,20H,9-10,13H2,1H3/t14-,20?/m1/s1. The van der Waals surface area contributed by atoms with E-state index in [1.54, 1.807) is 29.3 Å². The second kappa shape index (κ2) is 9.02. The van der Waals surface area contributed by atoms with Crippen LogP contribution < -0.4 is 0 Å². The van der Waals surface area contributed by atoms with Gasteiger partial charge in [0.15, 0.2) is 9.84 Å². The molecule has 0 spiro atoms. The molecule has 0 radical (unpaired) electrons. The Hall–Kier alpha value is -1.74. The van der Waals surface area contributed by atoms with E-state index >= 15 is 0 Å². The summed E-state index contributed by atoms with van der Waals surface area (Å²) in [7, 11) is -3.40. The summed E-state index contributed by atoms with van der Waals surface area (Å²) in [6.45, 7) is 2.32. The summed E-state index contributed by atoms with van der Waals surface area (Å²) in [4.78, 5) is 20.0. The van der Waals surface area contributed by atoms with Crippen molar-refractivity contribution < 1.29 is 13.2 Å². The second-order valence-corrected chi connectivity index (χ2v) is 12.1. The Morgan fingerprint density at radius 2 is 2.00 bits per heavy atom. The molecule has 0 N–H and O–H groups in total. The van der Waals surface area contributed by atoms with Gasteiger partial charge in [-0.2, -0.15) is 0 Å². The maximum absolute atomic E-state index is 13.0. The van der Waals surface area contributed by atoms with E-state index in [9.17, 15) is 13.2 Å². The van der Waals surface area contributed by atoms with Gasteiger partial charge in [0.05, 0.1) is 10.8 Å². The van der Waals surface area contributed by atoms with Crippen LogP contribution in [0.1, 0.15) is 43.9 Å². The number of amides is 1. The van der Waals surface area contributed by atoms with Gasteiger partial charge in [-0.1, -0.05) is 48.9 Å². The number of benzene rings is 2. The van der Waals surface area contributed by atoms with Gasteiger partial charge in [0.2, 0.25) is 0 Å². The van der Waals surface area contributed by atoms with Gasteiger partial charge >= 0.3 is 0 Å². The zero-order valence-electron chi connectivity index (χ0n) is 16.7. The molecular formula is C22H20BrClN2O3S2. The monoisotopic (exact) mass is 538 g/mol. The molecule has 31 heavy (non-hydrogen) atoms. The minimum absolute atomic E-state index is 0.0848. The lowest BCUT2D eigenvalue weighted by Gasteiger charge is -2.31. The first kappa shape index (κ1) is 22.5. The van der Waals surface area contributed by atoms with Crippen LogP contribution in [0.2, 0.25) is 5.02 Å². The maximum Gasteiger partial charge on any atom is 0.253 e. The molecule has 1 saturated heterocycles. The number of halogens is 2. The first-order valence-electron chi connectivity index (χ1n) is 9.72. The summed E-state index contributed by atoms with van der Waals surface area (Å²) in [6.07, 6.45) is 1.75. The lowest BCUT2D eigenvalue weighted by molar-refractivity contribution is 0.0758. The van der Waals surface area contributed by atoms with Gasteiger partial charge in [-0.15, -0.1) is 11.3 Å². The van der Waals surface area contributed by atoms with Crippen LogP contribution in [0, 0.1) is 0 Å². The van der Waals surface area contributed by atoms with Crippen LogP contribution in [0.3, 0.4) is 0 Å². The number of carbonyl (C=O) groups excluding carboxylic acids is 1. The molecule has 0 bridgehead atoms. The topological polar surface area (TPSA) is 67.3 Å². The average Bonchev–Trinajstić information content (AvgIpc) is 3.25. The third kappa shape index (κ3) is 4.72. The van der Waals surface area contributed by atoms with Crippen LogP contribution in [0.5, 0.6) is 0 Å². The van der Waals surface area contributed by atoms with Crippen molar-refractivity contribution >= 4 is 54.6 Å². The van der Waals surface area contributed by atoms with E-state index in [1.807, 2.05) is 30.3 Å². The molecule has 4 rings (SSSR count). The van der Waals surface area contributed by atoms with E-state index in [0.29, 0.717) is 20.1 Å². The highest BCUT2D eigenvalue weighted by molar-refractivity contribution is 9.10. The quantitative estimate of drug-likeness (QED) is 0.450. The smallest absolute Gasteiger partial charge is 0.253 e. The van der Waals surface area contributed by atoms with Crippen molar-refractivity contribution in [1.29, 1.82) is 0 Å². The summed E-state index contributed by atoms with van der Waals surface area (Å²) in [5.41, 5.74) is 1.58. The van der Waals surface area contributed by atoms with Crippen molar-refractivity contribution in [3.8, 4) is 0 Å². The Labute approximate surface area is 199 Å². The molecular weight excluding hydrogens is 520 g/mol. The zero-order valence-corrected chi connectivity index (χ0v) is 20.6. The number of carbonyl (C=O) groups is 1. The molecule has 162 valence electrons. The van der Waals surface area contributed by atoms with E-state index in [2.05, 4.69) is 27.8 Å². The third-order valence-corrected chi connectivity index (χ3v) is 10.1. The Bertz CT molecular complexity index is 1210. The SMILES string of the molecule is C[C@H](c1ccccc1)c1cnc(C2CN(C(=O)c3ccc(Br)c(Cl)c3)CCS2(=O)=O)s1. The Kier molecular flexibility index (Phi) is 6.53. The summed E-state index contributed by atoms with van der Waals surface area (Å²) < 4.78 is 26.4. The molecule has 1 unspecified atom stereocenters. The molecule has 0 aliphatic carbocycles. The van der Waals surface area contributed by atoms with E-state index < -0.39 is 15.1 Å². The molecule has 0 saturated carbocycles. The number of sulfone groups is 1. The minimum atomic E-state index is -3.40. The van der Waals surface area contributed by atoms with Gasteiger partial charge < -0.3 is 4.90 Å². The van der Waals surface area contributed by atoms with E-state index in [4.69, 9.17) is 11.6 Å². The number of aromatic nitrogens is 1. The highest BCUT2D eigenvalue weighted by Gasteiger charge is 2.38. The van der Waals surface area contributed by atoms with Gasteiger partial charge in [-0.05, 0) is 39.7 Å². The molecule has 1 aliphatic heterocycles. The fourth-order valence-electron chi connectivity index (χ4n) is 3.57. The van der Waals surface area contributed by atoms with Crippen molar-refractivity contribution in [2.24, 2.45) is 0 Å². The average molecular weight is 540 g/mol. The number of hydrogen-bond donors (Lipinski definition) is 0. The highest BCUT2D eigenvalue weighted by atomic mass is 79.9. The Morgan fingerprint density at radius 1 is 1.26 bits per heavy atom. The maximum atomic E-state index is 13.0. The molecule has 5 nitrogen and oxygen atoms in total. The number of rotatable bonds is 4. The molecule has 9 heteroatoms. The van der Waals surface area contributed by atoms with Crippen molar-refractivity contribution in [3.63, 3.8) is 0 Å². The van der Waals surface area contributed by atoms with Gasteiger partial charge in [-0.3, -0.25) is 4.79 Å². The first-order chi connectivity index (χ1) is 14.8. The first-order valence-corrected chi connectivity index (χ1v) is 13.4. The van der Waals surface area contributed by atoms with E-state index in [-0.39, 0.29) is 30.7 Å². The predicted molar refractivity (Wildman–Crippen MR) is 128 cm³/mol. The van der Waals surface area contributed by atoms with Crippen molar-refractivity contribution in [2.75, 3.05) is 18.8 Å². The summed E-state index contributed by atoms with van der Waals surface area (Å²) >= 11 is 10.8. The molecule has 1 amide bonds. The van der Waals surface area contributed by atoms with Crippen LogP contribution in [0.4, 0.5) is 0 Å². The highest BCUT2D eigenvalue weighted by Crippen LogP contribution is 2.36. The largest absolute Gasteiger partial charge is 0.336 e. The fraction of sp³-hybridized carbons (Fsp3) is 0.273. The van der Waals surface area contributed by atoms with Gasteiger partial charge in [-0.25, -0.2) is 13.4 Å². The third-order valence-electron chi connectivity index (χ3n) is 5.46. The summed E-state index contributed by atoms with van der Waals surface area (Å²) in [5.74, 6) is -0.207. The summed E-state index contributed by atoms with van der Waals surface area (Å²) in [5, 5.41) is 0.147. The van der Waals surface area contributed by atoms with Crippen molar-refractivity contribution in [1.82, 2.24) is 9.88 Å². The van der Waals surface area contributed by atoms with Crippen molar-refractivity contribution in [3.05, 3.63) is 85.2 Å². The molecule has 1 aliphatic rings. The van der Waals surface area contributed by atoms with Crippen LogP contribution in [-0.2, 0) is 9.84 Å². The van der Waals surface area contributed by atoms with Crippen LogP contribution in [-0.4, -0.2) is 43.1 Å². The Balaban J connectivity index is 1.58. The van der Waals surface area contributed by atoms with Gasteiger partial charge in [0.1, 0.15) is 10.3 Å². The van der Waals surface area contributed by atoms with Crippen LogP contribution >= 0.6 is 38.9 Å². The molecule has 1 aromatic heterocycles. The lowest BCUT2D eigenvalue weighted by atomic mass is 10.0. The summed E-state index contributed by atoms with van der Waals surface area (Å²) in [6, 6.07) is 15.0. The second-order valence-electron chi connectivity index (χ2n) is 7.47.